The van der Waals surface area contributed by atoms with E-state index in [1.165, 1.54) is 12.3 Å². The number of phenols is 1. The van der Waals surface area contributed by atoms with E-state index in [0.717, 1.165) is 98.0 Å². The monoisotopic (exact) mass is 848 g/mol. The second-order valence-corrected chi connectivity index (χ2v) is 15.3. The average Bonchev–Trinajstić information content (AvgIpc) is 3.90. The van der Waals surface area contributed by atoms with Gasteiger partial charge in [0, 0.05) is 33.0 Å². The standard InChI is InChI=1S/2C20H12N2O.C10H8O.C4H4N2O2/c2*23-19-7-3-4-12-13-10-11-18-20(15(13)9-8-14(12)19)22-17-6-2-1-5-16(17)21-18;11-10-7-3-5-8-4-1-2-6-9(8)10;7-6(8)4-2-1-3-5-4/h2*1-11,21H;1-7,11H;1-3,5H. The van der Waals surface area contributed by atoms with E-state index in [4.69, 9.17) is 9.97 Å². The van der Waals surface area contributed by atoms with E-state index in [2.05, 4.69) is 27.1 Å². The van der Waals surface area contributed by atoms with Crippen molar-refractivity contribution in [2.45, 2.75) is 0 Å². The van der Waals surface area contributed by atoms with Crippen LogP contribution < -0.4 is 10.9 Å². The molecule has 0 amide bonds. The molecule has 0 saturated heterocycles. The van der Waals surface area contributed by atoms with Gasteiger partial charge in [0.05, 0.1) is 50.3 Å². The topological polar surface area (TPSA) is 171 Å². The highest BCUT2D eigenvalue weighted by Crippen LogP contribution is 2.31. The molecule has 11 heteroatoms. The zero-order valence-electron chi connectivity index (χ0n) is 34.4. The number of rotatable bonds is 1. The second-order valence-electron chi connectivity index (χ2n) is 15.3. The Morgan fingerprint density at radius 2 is 0.862 bits per heavy atom. The van der Waals surface area contributed by atoms with E-state index in [-0.39, 0.29) is 16.7 Å². The number of fused-ring (bicyclic) bond motifs is 13. The van der Waals surface area contributed by atoms with Crippen molar-refractivity contribution < 1.29 is 10.0 Å². The summed E-state index contributed by atoms with van der Waals surface area (Å²) in [6.07, 6.45) is 1.51. The van der Waals surface area contributed by atoms with Crippen LogP contribution in [0.2, 0.25) is 0 Å². The maximum atomic E-state index is 12.0. The molecule has 4 N–H and O–H groups in total. The Balaban J connectivity index is 0.000000111. The first-order valence-electron chi connectivity index (χ1n) is 20.7. The summed E-state index contributed by atoms with van der Waals surface area (Å²) in [4.78, 5) is 52.4. The predicted octanol–water partition coefficient (Wildman–Crippen LogP) is 12.2. The zero-order valence-corrected chi connectivity index (χ0v) is 34.4. The summed E-state index contributed by atoms with van der Waals surface area (Å²) in [5.74, 6) is 0.383. The number of hydrogen-bond acceptors (Lipinski definition) is 7. The molecular weight excluding hydrogens is 813 g/mol. The summed E-state index contributed by atoms with van der Waals surface area (Å²) in [5.41, 5.74) is 7.87. The fourth-order valence-electron chi connectivity index (χ4n) is 8.23. The summed E-state index contributed by atoms with van der Waals surface area (Å²) >= 11 is 0. The first kappa shape index (κ1) is 39.9. The van der Waals surface area contributed by atoms with Crippen LogP contribution in [0.1, 0.15) is 0 Å². The van der Waals surface area contributed by atoms with Gasteiger partial charge >= 0.3 is 5.82 Å². The summed E-state index contributed by atoms with van der Waals surface area (Å²) < 4.78 is 0. The van der Waals surface area contributed by atoms with Gasteiger partial charge < -0.3 is 25.2 Å². The van der Waals surface area contributed by atoms with Crippen molar-refractivity contribution >= 4 is 104 Å². The number of para-hydroxylation sites is 4. The van der Waals surface area contributed by atoms with Gasteiger partial charge in [-0.25, -0.2) is 15.0 Å². The van der Waals surface area contributed by atoms with Crippen LogP contribution >= 0.6 is 0 Å². The van der Waals surface area contributed by atoms with Crippen LogP contribution in [0.4, 0.5) is 5.82 Å². The van der Waals surface area contributed by atoms with Crippen LogP contribution in [-0.4, -0.2) is 34.9 Å². The lowest BCUT2D eigenvalue weighted by Gasteiger charge is -2.08. The van der Waals surface area contributed by atoms with Crippen molar-refractivity contribution in [2.24, 2.45) is 0 Å². The third-order valence-corrected chi connectivity index (χ3v) is 11.3. The van der Waals surface area contributed by atoms with Gasteiger partial charge in [-0.3, -0.25) is 9.59 Å². The first-order chi connectivity index (χ1) is 31.8. The highest BCUT2D eigenvalue weighted by molar-refractivity contribution is 6.17. The van der Waals surface area contributed by atoms with Crippen molar-refractivity contribution in [2.75, 3.05) is 0 Å². The summed E-state index contributed by atoms with van der Waals surface area (Å²) in [7, 11) is 0. The largest absolute Gasteiger partial charge is 0.507 e. The van der Waals surface area contributed by atoms with Gasteiger partial charge in [-0.15, -0.1) is 0 Å². The van der Waals surface area contributed by atoms with Gasteiger partial charge in [0.2, 0.25) is 0 Å². The van der Waals surface area contributed by atoms with Crippen molar-refractivity contribution in [3.05, 3.63) is 225 Å². The van der Waals surface area contributed by atoms with Gasteiger partial charge in [-0.05, 0) is 105 Å². The van der Waals surface area contributed by atoms with E-state index in [1.54, 1.807) is 24.3 Å². The normalized spacial score (nSPS) is 11.1. The molecule has 0 unspecified atom stereocenters. The molecule has 0 fully saturated rings. The van der Waals surface area contributed by atoms with Gasteiger partial charge in [0.15, 0.2) is 10.9 Å². The molecule has 0 spiro atoms. The van der Waals surface area contributed by atoms with Crippen molar-refractivity contribution in [1.82, 2.24) is 24.9 Å². The molecule has 13 rings (SSSR count). The van der Waals surface area contributed by atoms with Crippen LogP contribution in [-0.2, 0) is 0 Å². The molecule has 10 aromatic carbocycles. The van der Waals surface area contributed by atoms with Crippen molar-refractivity contribution in [3.63, 3.8) is 0 Å². The number of H-pyrrole nitrogens is 3. The minimum atomic E-state index is -0.472. The molecule has 0 bridgehead atoms. The average molecular weight is 849 g/mol. The minimum absolute atomic E-state index is 0.0324. The molecule has 0 saturated carbocycles. The van der Waals surface area contributed by atoms with Crippen LogP contribution in [0.5, 0.6) is 5.75 Å². The van der Waals surface area contributed by atoms with E-state index < -0.39 is 4.92 Å². The van der Waals surface area contributed by atoms with Crippen LogP contribution in [0.15, 0.2) is 204 Å². The van der Waals surface area contributed by atoms with Gasteiger partial charge in [0.25, 0.3) is 0 Å². The smallest absolute Gasteiger partial charge is 0.320 e. The van der Waals surface area contributed by atoms with E-state index in [9.17, 15) is 24.8 Å². The molecule has 0 aliphatic heterocycles. The number of benzene rings is 10. The fourth-order valence-corrected chi connectivity index (χ4v) is 8.23. The molecule has 0 aliphatic carbocycles. The molecule has 312 valence electrons. The molecule has 13 aromatic rings. The Morgan fingerprint density at radius 1 is 0.415 bits per heavy atom. The van der Waals surface area contributed by atoms with E-state index in [1.807, 2.05) is 146 Å². The zero-order chi connectivity index (χ0) is 44.4. The maximum Gasteiger partial charge on any atom is 0.320 e. The Hall–Kier alpha value is -9.22. The fraction of sp³-hybridized carbons (Fsp3) is 0. The lowest BCUT2D eigenvalue weighted by atomic mass is 10.0. The molecule has 0 atom stereocenters. The number of nitro groups is 1. The Kier molecular flexibility index (Phi) is 10.4. The number of aromatic nitrogens is 5. The first-order valence-corrected chi connectivity index (χ1v) is 20.7. The van der Waals surface area contributed by atoms with Crippen molar-refractivity contribution in [1.29, 1.82) is 0 Å². The third kappa shape index (κ3) is 7.70. The molecule has 3 aromatic heterocycles. The summed E-state index contributed by atoms with van der Waals surface area (Å²) in [6, 6.07) is 59.1. The minimum Gasteiger partial charge on any atom is -0.507 e. The highest BCUT2D eigenvalue weighted by atomic mass is 16.6. The van der Waals surface area contributed by atoms with Gasteiger partial charge in [-0.1, -0.05) is 109 Å². The van der Waals surface area contributed by atoms with Gasteiger partial charge in [-0.2, -0.15) is 0 Å². The third-order valence-electron chi connectivity index (χ3n) is 11.3. The van der Waals surface area contributed by atoms with Crippen LogP contribution in [0.3, 0.4) is 0 Å². The Labute approximate surface area is 368 Å². The lowest BCUT2D eigenvalue weighted by Crippen LogP contribution is -1.98. The quantitative estimate of drug-likeness (QED) is 0.0551. The molecule has 0 radical (unpaired) electrons. The molecule has 0 aliphatic rings. The van der Waals surface area contributed by atoms with E-state index in [0.29, 0.717) is 5.75 Å². The number of aromatic amines is 3. The molecular formula is C54H36N6O5. The van der Waals surface area contributed by atoms with Crippen molar-refractivity contribution in [3.8, 4) is 5.75 Å². The molecule has 3 heterocycles. The maximum absolute atomic E-state index is 12.0. The molecule has 65 heavy (non-hydrogen) atoms. The van der Waals surface area contributed by atoms with Crippen LogP contribution in [0.25, 0.3) is 98.0 Å². The Morgan fingerprint density at radius 3 is 1.37 bits per heavy atom. The van der Waals surface area contributed by atoms with E-state index >= 15 is 0 Å². The number of nitrogens with zero attached hydrogens (tertiary/aromatic N) is 3. The molecule has 11 nitrogen and oxygen atoms in total. The lowest BCUT2D eigenvalue weighted by molar-refractivity contribution is -0.389. The van der Waals surface area contributed by atoms with Gasteiger partial charge in [0.1, 0.15) is 5.75 Å². The number of nitrogens with one attached hydrogen (secondary N) is 3. The number of aromatic hydroxyl groups is 1. The second kappa shape index (κ2) is 16.9. The summed E-state index contributed by atoms with van der Waals surface area (Å²) in [5, 5.41) is 28.9. The van der Waals surface area contributed by atoms with Crippen LogP contribution in [0, 0.1) is 10.1 Å². The summed E-state index contributed by atoms with van der Waals surface area (Å²) in [6.45, 7) is 0. The Bertz CT molecular complexity index is 3860. The number of hydrogen-bond donors (Lipinski definition) is 4. The highest BCUT2D eigenvalue weighted by Gasteiger charge is 2.10. The predicted molar refractivity (Wildman–Crippen MR) is 263 cm³/mol. The number of phenolic OH excluding ortho intramolecular Hbond substituents is 1. The SMILES string of the molecule is O=[N+]([O-])c1ccc[nH]1.O=c1cccc2c1ccc1c2ccc2[nH]c3ccccc3nc21.O=c1cccc2c1ccc1c2ccc2[nH]c3ccccc3nc21.Oc1cccc2ccccc12.